The lowest BCUT2D eigenvalue weighted by molar-refractivity contribution is -0.340. The molecular weight excluding hydrogens is 348 g/mol. The summed E-state index contributed by atoms with van der Waals surface area (Å²) in [7, 11) is 0. The van der Waals surface area contributed by atoms with Crippen LogP contribution < -0.4 is 0 Å². The lowest BCUT2D eigenvalue weighted by Gasteiger charge is -2.49. The second kappa shape index (κ2) is 8.97. The van der Waals surface area contributed by atoms with Crippen LogP contribution in [0.3, 0.4) is 0 Å². The standard InChI is InChI=1S/C21H28O6/c1-2-6-17-9-16(22)12-21(26-17)13-19(10-18(27-21)11-20(23)24)25-14-15-7-4-3-5-8-15/h2-5,7-8,16-19,22H,1,6,9-14H2,(H,23,24)/t16-,17-,18+,19+,21+/m0/s1. The van der Waals surface area contributed by atoms with Gasteiger partial charge in [0.15, 0.2) is 5.79 Å². The minimum absolute atomic E-state index is 0.113. The van der Waals surface area contributed by atoms with Crippen molar-refractivity contribution in [1.29, 1.82) is 0 Å². The minimum atomic E-state index is -1.01. The Morgan fingerprint density at radius 3 is 2.67 bits per heavy atom. The quantitative estimate of drug-likeness (QED) is 0.712. The van der Waals surface area contributed by atoms with E-state index in [4.69, 9.17) is 14.2 Å². The summed E-state index contributed by atoms with van der Waals surface area (Å²) in [6.07, 6.45) is 2.62. The van der Waals surface area contributed by atoms with E-state index < -0.39 is 24.0 Å². The molecule has 1 aromatic rings. The number of benzene rings is 1. The normalized spacial score (nSPS) is 33.7. The Hall–Kier alpha value is -1.73. The molecule has 0 radical (unpaired) electrons. The van der Waals surface area contributed by atoms with Crippen molar-refractivity contribution in [1.82, 2.24) is 0 Å². The third-order valence-corrected chi connectivity index (χ3v) is 5.07. The first-order chi connectivity index (χ1) is 13.0. The number of hydrogen-bond acceptors (Lipinski definition) is 5. The lowest BCUT2D eigenvalue weighted by Crippen LogP contribution is -2.55. The number of hydrogen-bond donors (Lipinski definition) is 2. The molecule has 0 aliphatic carbocycles. The van der Waals surface area contributed by atoms with Crippen LogP contribution in [0.1, 0.15) is 44.1 Å². The van der Waals surface area contributed by atoms with Crippen molar-refractivity contribution in [3.8, 4) is 0 Å². The predicted molar refractivity (Wildman–Crippen MR) is 99.0 cm³/mol. The van der Waals surface area contributed by atoms with Crippen LogP contribution in [0.15, 0.2) is 43.0 Å². The van der Waals surface area contributed by atoms with Crippen LogP contribution in [0.5, 0.6) is 0 Å². The summed E-state index contributed by atoms with van der Waals surface area (Å²) in [6, 6.07) is 9.85. The van der Waals surface area contributed by atoms with Crippen molar-refractivity contribution < 1.29 is 29.2 Å². The van der Waals surface area contributed by atoms with E-state index in [0.29, 0.717) is 38.7 Å². The summed E-state index contributed by atoms with van der Waals surface area (Å²) in [5.41, 5.74) is 1.06. The molecule has 27 heavy (non-hydrogen) atoms. The summed E-state index contributed by atoms with van der Waals surface area (Å²) >= 11 is 0. The van der Waals surface area contributed by atoms with Gasteiger partial charge < -0.3 is 24.4 Å². The highest BCUT2D eigenvalue weighted by Gasteiger charge is 2.48. The number of aliphatic hydroxyl groups is 1. The average molecular weight is 376 g/mol. The van der Waals surface area contributed by atoms with Gasteiger partial charge in [-0.05, 0) is 12.0 Å². The van der Waals surface area contributed by atoms with E-state index in [-0.39, 0.29) is 18.6 Å². The van der Waals surface area contributed by atoms with Gasteiger partial charge in [0, 0.05) is 25.7 Å². The second-order valence-corrected chi connectivity index (χ2v) is 7.46. The Kier molecular flexibility index (Phi) is 6.65. The fraction of sp³-hybridized carbons (Fsp3) is 0.571. The maximum atomic E-state index is 11.2. The van der Waals surface area contributed by atoms with Gasteiger partial charge in [-0.15, -0.1) is 6.58 Å². The lowest BCUT2D eigenvalue weighted by atomic mass is 9.88. The number of ether oxygens (including phenoxy) is 3. The van der Waals surface area contributed by atoms with Crippen molar-refractivity contribution in [2.75, 3.05) is 0 Å². The Bertz CT molecular complexity index is 633. The summed E-state index contributed by atoms with van der Waals surface area (Å²) in [5, 5.41) is 19.5. The molecule has 0 bridgehead atoms. The molecule has 0 unspecified atom stereocenters. The van der Waals surface area contributed by atoms with E-state index in [1.807, 2.05) is 30.3 Å². The molecule has 6 nitrogen and oxygen atoms in total. The second-order valence-electron chi connectivity index (χ2n) is 7.46. The molecule has 1 aromatic carbocycles. The molecule has 2 fully saturated rings. The van der Waals surface area contributed by atoms with Gasteiger partial charge in [0.1, 0.15) is 0 Å². The zero-order valence-electron chi connectivity index (χ0n) is 15.5. The molecule has 0 aromatic heterocycles. The summed E-state index contributed by atoms with van der Waals surface area (Å²) < 4.78 is 18.4. The van der Waals surface area contributed by atoms with E-state index in [0.717, 1.165) is 5.56 Å². The Morgan fingerprint density at radius 2 is 1.96 bits per heavy atom. The number of aliphatic carboxylic acids is 1. The van der Waals surface area contributed by atoms with Crippen LogP contribution in [-0.2, 0) is 25.6 Å². The number of aliphatic hydroxyl groups excluding tert-OH is 1. The van der Waals surface area contributed by atoms with Crippen molar-refractivity contribution in [3.05, 3.63) is 48.6 Å². The molecule has 2 aliphatic heterocycles. The van der Waals surface area contributed by atoms with Crippen LogP contribution in [0.25, 0.3) is 0 Å². The molecule has 3 rings (SSSR count). The highest BCUT2D eigenvalue weighted by molar-refractivity contribution is 5.67. The number of carbonyl (C=O) groups is 1. The van der Waals surface area contributed by atoms with Gasteiger partial charge >= 0.3 is 5.97 Å². The number of carboxylic acids is 1. The highest BCUT2D eigenvalue weighted by Crippen LogP contribution is 2.41. The van der Waals surface area contributed by atoms with Crippen LogP contribution in [0, 0.1) is 0 Å². The monoisotopic (exact) mass is 376 g/mol. The topological polar surface area (TPSA) is 85.2 Å². The molecule has 2 heterocycles. The molecule has 0 saturated carbocycles. The largest absolute Gasteiger partial charge is 0.481 e. The molecule has 2 saturated heterocycles. The number of carboxylic acid groups (broad SMARTS) is 1. The Morgan fingerprint density at radius 1 is 1.22 bits per heavy atom. The molecule has 5 atom stereocenters. The first-order valence-corrected chi connectivity index (χ1v) is 9.50. The van der Waals surface area contributed by atoms with Gasteiger partial charge in [-0.2, -0.15) is 0 Å². The maximum Gasteiger partial charge on any atom is 0.305 e. The van der Waals surface area contributed by atoms with E-state index in [1.165, 1.54) is 0 Å². The zero-order valence-corrected chi connectivity index (χ0v) is 15.5. The van der Waals surface area contributed by atoms with Crippen molar-refractivity contribution in [3.63, 3.8) is 0 Å². The first-order valence-electron chi connectivity index (χ1n) is 9.50. The van der Waals surface area contributed by atoms with Gasteiger partial charge in [0.05, 0.1) is 37.4 Å². The number of rotatable bonds is 7. The van der Waals surface area contributed by atoms with E-state index in [1.54, 1.807) is 6.08 Å². The fourth-order valence-corrected chi connectivity index (χ4v) is 4.04. The van der Waals surface area contributed by atoms with Gasteiger partial charge in [-0.1, -0.05) is 36.4 Å². The predicted octanol–water partition coefficient (Wildman–Crippen LogP) is 3.04. The van der Waals surface area contributed by atoms with E-state index in [9.17, 15) is 15.0 Å². The molecule has 2 aliphatic rings. The molecule has 6 heteroatoms. The van der Waals surface area contributed by atoms with Gasteiger partial charge in [-0.25, -0.2) is 0 Å². The summed E-state index contributed by atoms with van der Waals surface area (Å²) in [6.45, 7) is 4.19. The summed E-state index contributed by atoms with van der Waals surface area (Å²) in [5.74, 6) is -1.93. The van der Waals surface area contributed by atoms with Gasteiger partial charge in [0.25, 0.3) is 0 Å². The highest BCUT2D eigenvalue weighted by atomic mass is 16.7. The Labute approximate surface area is 159 Å². The first kappa shape index (κ1) is 20.0. The molecule has 148 valence electrons. The van der Waals surface area contributed by atoms with E-state index >= 15 is 0 Å². The third kappa shape index (κ3) is 5.62. The Balaban J connectivity index is 1.72. The maximum absolute atomic E-state index is 11.2. The van der Waals surface area contributed by atoms with Crippen LogP contribution >= 0.6 is 0 Å². The van der Waals surface area contributed by atoms with Crippen LogP contribution in [-0.4, -0.2) is 46.4 Å². The van der Waals surface area contributed by atoms with Crippen LogP contribution in [0.2, 0.25) is 0 Å². The van der Waals surface area contributed by atoms with Gasteiger partial charge in [0.2, 0.25) is 0 Å². The van der Waals surface area contributed by atoms with Crippen molar-refractivity contribution in [2.24, 2.45) is 0 Å². The minimum Gasteiger partial charge on any atom is -0.481 e. The SMILES string of the molecule is C=CC[C@H]1C[C@H](O)C[C@@]2(C[C@H](OCc3ccccc3)C[C@H](CC(=O)O)O2)O1. The molecule has 0 amide bonds. The van der Waals surface area contributed by atoms with Crippen molar-refractivity contribution >= 4 is 5.97 Å². The summed E-state index contributed by atoms with van der Waals surface area (Å²) in [4.78, 5) is 11.2. The zero-order chi connectivity index (χ0) is 19.3. The molecular formula is C21H28O6. The van der Waals surface area contributed by atoms with Crippen molar-refractivity contribution in [2.45, 2.75) is 75.3 Å². The smallest absolute Gasteiger partial charge is 0.305 e. The fourth-order valence-electron chi connectivity index (χ4n) is 4.04. The van der Waals surface area contributed by atoms with Gasteiger partial charge in [-0.3, -0.25) is 4.79 Å². The van der Waals surface area contributed by atoms with E-state index in [2.05, 4.69) is 6.58 Å². The van der Waals surface area contributed by atoms with Crippen LogP contribution in [0.4, 0.5) is 0 Å². The molecule has 2 N–H and O–H groups in total. The average Bonchev–Trinajstić information content (AvgIpc) is 2.59. The molecule has 1 spiro atoms. The third-order valence-electron chi connectivity index (χ3n) is 5.07.